The Labute approximate surface area is 63.5 Å². The van der Waals surface area contributed by atoms with E-state index in [1.54, 1.807) is 13.1 Å². The lowest BCUT2D eigenvalue weighted by Crippen LogP contribution is -2.16. The Hall–Kier alpha value is -0.510. The van der Waals surface area contributed by atoms with Crippen molar-refractivity contribution in [2.45, 2.75) is 12.6 Å². The van der Waals surface area contributed by atoms with Crippen LogP contribution in [0.5, 0.6) is 0 Å². The summed E-state index contributed by atoms with van der Waals surface area (Å²) in [5.41, 5.74) is 0.486. The summed E-state index contributed by atoms with van der Waals surface area (Å²) in [4.78, 5) is 1.85. The molecular formula is C7H10F3N. The third-order valence-corrected chi connectivity index (χ3v) is 1.59. The molecule has 1 rings (SSSR count). The zero-order valence-corrected chi connectivity index (χ0v) is 6.28. The van der Waals surface area contributed by atoms with Crippen LogP contribution in [0.3, 0.4) is 0 Å². The molecule has 0 radical (unpaired) electrons. The molecular weight excluding hydrogens is 155 g/mol. The number of halogens is 3. The molecule has 1 aliphatic rings. The van der Waals surface area contributed by atoms with E-state index in [9.17, 15) is 13.2 Å². The van der Waals surface area contributed by atoms with Gasteiger partial charge in [0.05, 0.1) is 6.42 Å². The van der Waals surface area contributed by atoms with Crippen LogP contribution in [-0.4, -0.2) is 31.2 Å². The van der Waals surface area contributed by atoms with Crippen LogP contribution in [-0.2, 0) is 0 Å². The molecule has 0 saturated carbocycles. The number of alkyl halides is 3. The number of nitrogens with zero attached hydrogens (tertiary/aromatic N) is 1. The lowest BCUT2D eigenvalue weighted by atomic mass is 10.2. The van der Waals surface area contributed by atoms with Crippen molar-refractivity contribution in [3.63, 3.8) is 0 Å². The van der Waals surface area contributed by atoms with Gasteiger partial charge >= 0.3 is 6.18 Å². The molecule has 64 valence electrons. The average Bonchev–Trinajstić information content (AvgIpc) is 2.10. The standard InChI is InChI=1S/C7H10F3N/c1-11-3-2-6(5-11)4-7(8,9)10/h2H,3-5H2,1H3. The van der Waals surface area contributed by atoms with Crippen LogP contribution in [0.25, 0.3) is 0 Å². The van der Waals surface area contributed by atoms with Crippen molar-refractivity contribution in [2.75, 3.05) is 20.1 Å². The molecule has 0 N–H and O–H groups in total. The van der Waals surface area contributed by atoms with Crippen LogP contribution >= 0.6 is 0 Å². The van der Waals surface area contributed by atoms with E-state index in [-0.39, 0.29) is 0 Å². The molecule has 1 aliphatic heterocycles. The summed E-state index contributed by atoms with van der Waals surface area (Å²) in [6, 6.07) is 0. The Balaban J connectivity index is 2.40. The van der Waals surface area contributed by atoms with Gasteiger partial charge in [0.1, 0.15) is 0 Å². The summed E-state index contributed by atoms with van der Waals surface area (Å²) in [7, 11) is 1.81. The summed E-state index contributed by atoms with van der Waals surface area (Å²) in [6.45, 7) is 1.10. The molecule has 0 unspecified atom stereocenters. The molecule has 0 aromatic carbocycles. The first-order chi connectivity index (χ1) is 4.97. The van der Waals surface area contributed by atoms with Crippen LogP contribution in [0.1, 0.15) is 6.42 Å². The van der Waals surface area contributed by atoms with Gasteiger partial charge in [-0.25, -0.2) is 0 Å². The SMILES string of the molecule is CN1CC=C(CC(F)(F)F)C1. The fourth-order valence-electron chi connectivity index (χ4n) is 1.15. The summed E-state index contributed by atoms with van der Waals surface area (Å²) < 4.78 is 35.3. The van der Waals surface area contributed by atoms with Crippen LogP contribution in [0.15, 0.2) is 11.6 Å². The Kier molecular flexibility index (Phi) is 2.23. The molecule has 1 nitrogen and oxygen atoms in total. The molecule has 0 aliphatic carbocycles. The van der Waals surface area contributed by atoms with Crippen molar-refractivity contribution < 1.29 is 13.2 Å². The van der Waals surface area contributed by atoms with E-state index in [4.69, 9.17) is 0 Å². The quantitative estimate of drug-likeness (QED) is 0.535. The maximum Gasteiger partial charge on any atom is 0.392 e. The topological polar surface area (TPSA) is 3.24 Å². The third-order valence-electron chi connectivity index (χ3n) is 1.59. The first-order valence-corrected chi connectivity index (χ1v) is 3.40. The molecule has 0 bridgehead atoms. The highest BCUT2D eigenvalue weighted by molar-refractivity contribution is 5.12. The van der Waals surface area contributed by atoms with Gasteiger partial charge in [0.15, 0.2) is 0 Å². The van der Waals surface area contributed by atoms with Gasteiger partial charge in [-0.15, -0.1) is 0 Å². The number of likely N-dealkylation sites (N-methyl/N-ethyl adjacent to an activating group) is 1. The van der Waals surface area contributed by atoms with Crippen molar-refractivity contribution >= 4 is 0 Å². The maximum absolute atomic E-state index is 11.8. The van der Waals surface area contributed by atoms with Gasteiger partial charge in [-0.1, -0.05) is 6.08 Å². The average molecular weight is 165 g/mol. The molecule has 4 heteroatoms. The van der Waals surface area contributed by atoms with Gasteiger partial charge in [0.25, 0.3) is 0 Å². The first kappa shape index (κ1) is 8.59. The highest BCUT2D eigenvalue weighted by Gasteiger charge is 2.30. The Morgan fingerprint density at radius 1 is 1.55 bits per heavy atom. The van der Waals surface area contributed by atoms with Crippen LogP contribution in [0.4, 0.5) is 13.2 Å². The van der Waals surface area contributed by atoms with Crippen LogP contribution in [0.2, 0.25) is 0 Å². The van der Waals surface area contributed by atoms with Crippen molar-refractivity contribution in [1.29, 1.82) is 0 Å². The summed E-state index contributed by atoms with van der Waals surface area (Å²) in [5, 5.41) is 0. The zero-order valence-electron chi connectivity index (χ0n) is 6.28. The van der Waals surface area contributed by atoms with E-state index in [0.29, 0.717) is 18.7 Å². The number of hydrogen-bond acceptors (Lipinski definition) is 1. The van der Waals surface area contributed by atoms with Gasteiger partial charge in [-0.05, 0) is 12.6 Å². The van der Waals surface area contributed by atoms with Gasteiger partial charge in [-0.3, -0.25) is 4.90 Å². The number of rotatable bonds is 1. The highest BCUT2D eigenvalue weighted by atomic mass is 19.4. The van der Waals surface area contributed by atoms with E-state index < -0.39 is 12.6 Å². The van der Waals surface area contributed by atoms with E-state index in [1.165, 1.54) is 0 Å². The second-order valence-electron chi connectivity index (χ2n) is 2.85. The van der Waals surface area contributed by atoms with E-state index in [0.717, 1.165) is 0 Å². The zero-order chi connectivity index (χ0) is 8.48. The summed E-state index contributed by atoms with van der Waals surface area (Å²) in [5.74, 6) is 0. The monoisotopic (exact) mass is 165 g/mol. The lowest BCUT2D eigenvalue weighted by Gasteiger charge is -2.09. The predicted molar refractivity (Wildman–Crippen MR) is 36.3 cm³/mol. The normalized spacial score (nSPS) is 20.5. The van der Waals surface area contributed by atoms with Crippen LogP contribution in [0, 0.1) is 0 Å². The third kappa shape index (κ3) is 2.93. The van der Waals surface area contributed by atoms with Crippen molar-refractivity contribution in [2.24, 2.45) is 0 Å². The molecule has 0 fully saturated rings. The fourth-order valence-corrected chi connectivity index (χ4v) is 1.15. The minimum atomic E-state index is -4.04. The van der Waals surface area contributed by atoms with Crippen molar-refractivity contribution in [3.05, 3.63) is 11.6 Å². The van der Waals surface area contributed by atoms with Crippen molar-refractivity contribution in [3.8, 4) is 0 Å². The summed E-state index contributed by atoms with van der Waals surface area (Å²) >= 11 is 0. The number of hydrogen-bond donors (Lipinski definition) is 0. The van der Waals surface area contributed by atoms with Gasteiger partial charge in [-0.2, -0.15) is 13.2 Å². The Morgan fingerprint density at radius 2 is 2.18 bits per heavy atom. The van der Waals surface area contributed by atoms with Gasteiger partial charge < -0.3 is 0 Å². The van der Waals surface area contributed by atoms with Crippen LogP contribution < -0.4 is 0 Å². The summed E-state index contributed by atoms with van der Waals surface area (Å²) in [6.07, 6.45) is -3.15. The molecule has 11 heavy (non-hydrogen) atoms. The second kappa shape index (κ2) is 2.85. The minimum Gasteiger partial charge on any atom is -0.299 e. The first-order valence-electron chi connectivity index (χ1n) is 3.40. The molecule has 0 atom stereocenters. The van der Waals surface area contributed by atoms with E-state index in [2.05, 4.69) is 0 Å². The molecule has 0 spiro atoms. The smallest absolute Gasteiger partial charge is 0.299 e. The Morgan fingerprint density at radius 3 is 2.55 bits per heavy atom. The van der Waals surface area contributed by atoms with E-state index in [1.807, 2.05) is 4.90 Å². The van der Waals surface area contributed by atoms with Crippen molar-refractivity contribution in [1.82, 2.24) is 4.90 Å². The molecule has 0 aromatic rings. The molecule has 1 heterocycles. The highest BCUT2D eigenvalue weighted by Crippen LogP contribution is 2.26. The van der Waals surface area contributed by atoms with E-state index >= 15 is 0 Å². The molecule has 0 aromatic heterocycles. The fraction of sp³-hybridized carbons (Fsp3) is 0.714. The lowest BCUT2D eigenvalue weighted by molar-refractivity contribution is -0.127. The van der Waals surface area contributed by atoms with Gasteiger partial charge in [0, 0.05) is 13.1 Å². The Bertz CT molecular complexity index is 171. The molecule has 0 amide bonds. The maximum atomic E-state index is 11.8. The van der Waals surface area contributed by atoms with Gasteiger partial charge in [0.2, 0.25) is 0 Å². The second-order valence-corrected chi connectivity index (χ2v) is 2.85. The minimum absolute atomic E-state index is 0.458. The molecule has 0 saturated heterocycles. The largest absolute Gasteiger partial charge is 0.392 e. The predicted octanol–water partition coefficient (Wildman–Crippen LogP) is 1.81.